The highest BCUT2D eigenvalue weighted by Gasteiger charge is 2.42. The molecule has 2 aromatic heterocycles. The highest BCUT2D eigenvalue weighted by Crippen LogP contribution is 2.24. The third-order valence-corrected chi connectivity index (χ3v) is 6.69. The van der Waals surface area contributed by atoms with Crippen LogP contribution in [0.1, 0.15) is 18.9 Å². The molecule has 1 aliphatic rings. The summed E-state index contributed by atoms with van der Waals surface area (Å²) >= 11 is 5.62. The standard InChI is InChI=1S/C25H25N5O2S/c1-2-29-24(32)22(14-23(31)28-18-8-7-16-9-11-26-21(16)13-18)30(25(29)33)12-10-17-15-27-20-6-4-3-5-19(17)20/h3-9,11,13,15,22,26-27H,2,10,12,14H2,1H3,(H,28,31). The first kappa shape index (κ1) is 21.2. The van der Waals surface area contributed by atoms with Crippen LogP contribution < -0.4 is 5.32 Å². The van der Waals surface area contributed by atoms with Crippen LogP contribution in [0.3, 0.4) is 0 Å². The number of fused-ring (bicyclic) bond motifs is 2. The van der Waals surface area contributed by atoms with E-state index in [1.807, 2.05) is 66.7 Å². The van der Waals surface area contributed by atoms with Gasteiger partial charge in [0, 0.05) is 47.6 Å². The summed E-state index contributed by atoms with van der Waals surface area (Å²) in [5, 5.41) is 5.66. The van der Waals surface area contributed by atoms with Crippen molar-refractivity contribution in [1.82, 2.24) is 19.8 Å². The molecule has 4 aromatic rings. The maximum atomic E-state index is 13.1. The third kappa shape index (κ3) is 3.98. The number of thiocarbonyl (C=S) groups is 1. The third-order valence-electron chi connectivity index (χ3n) is 6.23. The van der Waals surface area contributed by atoms with Crippen LogP contribution in [-0.2, 0) is 16.0 Å². The zero-order valence-corrected chi connectivity index (χ0v) is 19.1. The molecule has 0 bridgehead atoms. The van der Waals surface area contributed by atoms with E-state index in [4.69, 9.17) is 12.2 Å². The summed E-state index contributed by atoms with van der Waals surface area (Å²) in [5.74, 6) is -0.325. The summed E-state index contributed by atoms with van der Waals surface area (Å²) in [6.07, 6.45) is 4.63. The van der Waals surface area contributed by atoms with Crippen LogP contribution in [0.5, 0.6) is 0 Å². The van der Waals surface area contributed by atoms with Crippen LogP contribution in [0.15, 0.2) is 60.9 Å². The average Bonchev–Trinajstić information content (AvgIpc) is 3.50. The molecule has 1 unspecified atom stereocenters. The van der Waals surface area contributed by atoms with Gasteiger partial charge in [0.1, 0.15) is 6.04 Å². The predicted octanol–water partition coefficient (Wildman–Crippen LogP) is 4.04. The fourth-order valence-corrected chi connectivity index (χ4v) is 4.97. The van der Waals surface area contributed by atoms with E-state index in [0.29, 0.717) is 23.9 Å². The molecule has 3 heterocycles. The van der Waals surface area contributed by atoms with Crippen LogP contribution in [0.25, 0.3) is 21.8 Å². The first-order valence-electron chi connectivity index (χ1n) is 11.1. The Balaban J connectivity index is 1.31. The number of likely N-dealkylation sites (N-methyl/N-ethyl adjacent to an activating group) is 1. The lowest BCUT2D eigenvalue weighted by molar-refractivity contribution is -0.130. The van der Waals surface area contributed by atoms with Crippen LogP contribution in [0.2, 0.25) is 0 Å². The predicted molar refractivity (Wildman–Crippen MR) is 134 cm³/mol. The molecule has 2 aromatic carbocycles. The molecule has 1 saturated heterocycles. The molecular weight excluding hydrogens is 434 g/mol. The lowest BCUT2D eigenvalue weighted by Crippen LogP contribution is -2.39. The molecule has 0 aliphatic carbocycles. The van der Waals surface area contributed by atoms with E-state index in [1.54, 1.807) is 4.90 Å². The van der Waals surface area contributed by atoms with Gasteiger partial charge >= 0.3 is 0 Å². The Morgan fingerprint density at radius 3 is 2.82 bits per heavy atom. The van der Waals surface area contributed by atoms with Crippen LogP contribution >= 0.6 is 12.2 Å². The first-order valence-corrected chi connectivity index (χ1v) is 11.5. The minimum Gasteiger partial charge on any atom is -0.361 e. The molecule has 2 amide bonds. The number of benzene rings is 2. The molecule has 1 fully saturated rings. The number of aromatic nitrogens is 2. The molecule has 5 rings (SSSR count). The van der Waals surface area contributed by atoms with Crippen molar-refractivity contribution in [3.05, 3.63) is 66.5 Å². The molecule has 1 aliphatic heterocycles. The van der Waals surface area contributed by atoms with E-state index in [0.717, 1.165) is 28.2 Å². The maximum Gasteiger partial charge on any atom is 0.252 e. The van der Waals surface area contributed by atoms with Crippen molar-refractivity contribution in [2.24, 2.45) is 0 Å². The van der Waals surface area contributed by atoms with E-state index in [2.05, 4.69) is 21.4 Å². The minimum atomic E-state index is -0.600. The number of hydrogen-bond acceptors (Lipinski definition) is 3. The highest BCUT2D eigenvalue weighted by atomic mass is 32.1. The summed E-state index contributed by atoms with van der Waals surface area (Å²) in [4.78, 5) is 35.9. The number of rotatable bonds is 7. The van der Waals surface area contributed by atoms with Crippen LogP contribution in [-0.4, -0.2) is 55.8 Å². The number of amides is 2. The molecule has 8 heteroatoms. The molecule has 1 atom stereocenters. The van der Waals surface area contributed by atoms with E-state index in [-0.39, 0.29) is 18.2 Å². The van der Waals surface area contributed by atoms with Gasteiger partial charge in [-0.15, -0.1) is 0 Å². The molecule has 3 N–H and O–H groups in total. The van der Waals surface area contributed by atoms with Gasteiger partial charge in [0.25, 0.3) is 5.91 Å². The fourth-order valence-electron chi connectivity index (χ4n) is 4.53. The number of hydrogen-bond donors (Lipinski definition) is 3. The SMILES string of the molecule is CCN1C(=O)C(CC(=O)Nc2ccc3cc[nH]c3c2)N(CCc2c[nH]c3ccccc23)C1=S. The number of carbonyl (C=O) groups excluding carboxylic acids is 2. The number of nitrogens with zero attached hydrogens (tertiary/aromatic N) is 2. The molecule has 7 nitrogen and oxygen atoms in total. The number of carbonyl (C=O) groups is 2. The second-order valence-electron chi connectivity index (χ2n) is 8.22. The van der Waals surface area contributed by atoms with Crippen LogP contribution in [0.4, 0.5) is 5.69 Å². The van der Waals surface area contributed by atoms with Crippen molar-refractivity contribution in [3.63, 3.8) is 0 Å². The monoisotopic (exact) mass is 459 g/mol. The average molecular weight is 460 g/mol. The summed E-state index contributed by atoms with van der Waals surface area (Å²) in [6.45, 7) is 2.95. The van der Waals surface area contributed by atoms with Crippen molar-refractivity contribution >= 4 is 56.6 Å². The van der Waals surface area contributed by atoms with Gasteiger partial charge in [0.05, 0.1) is 6.42 Å². The van der Waals surface area contributed by atoms with Crippen molar-refractivity contribution < 1.29 is 9.59 Å². The molecule has 33 heavy (non-hydrogen) atoms. The zero-order chi connectivity index (χ0) is 22.9. The van der Waals surface area contributed by atoms with Crippen molar-refractivity contribution in [3.8, 4) is 0 Å². The maximum absolute atomic E-state index is 13.1. The van der Waals surface area contributed by atoms with E-state index >= 15 is 0 Å². The summed E-state index contributed by atoms with van der Waals surface area (Å²) in [5.41, 5.74) is 3.89. The Kier molecular flexibility index (Phi) is 5.60. The van der Waals surface area contributed by atoms with Crippen molar-refractivity contribution in [2.45, 2.75) is 25.8 Å². The topological polar surface area (TPSA) is 84.2 Å². The summed E-state index contributed by atoms with van der Waals surface area (Å²) in [6, 6.07) is 15.2. The quantitative estimate of drug-likeness (QED) is 0.364. The normalized spacial score (nSPS) is 16.3. The first-order chi connectivity index (χ1) is 16.0. The smallest absolute Gasteiger partial charge is 0.252 e. The van der Waals surface area contributed by atoms with Gasteiger partial charge in [0.2, 0.25) is 5.91 Å². The van der Waals surface area contributed by atoms with E-state index in [9.17, 15) is 9.59 Å². The van der Waals surface area contributed by atoms with E-state index in [1.165, 1.54) is 5.56 Å². The number of H-pyrrole nitrogens is 2. The number of para-hydroxylation sites is 1. The van der Waals surface area contributed by atoms with Gasteiger partial charge in [-0.25, -0.2) is 0 Å². The van der Waals surface area contributed by atoms with Gasteiger partial charge in [0.15, 0.2) is 5.11 Å². The Hall–Kier alpha value is -3.65. The Labute approximate surface area is 196 Å². The number of anilines is 1. The molecule has 0 saturated carbocycles. The minimum absolute atomic E-state index is 0.0477. The Bertz CT molecular complexity index is 1360. The van der Waals surface area contributed by atoms with E-state index < -0.39 is 6.04 Å². The zero-order valence-electron chi connectivity index (χ0n) is 18.3. The van der Waals surface area contributed by atoms with Crippen LogP contribution in [0, 0.1) is 0 Å². The van der Waals surface area contributed by atoms with Gasteiger partial charge in [-0.05, 0) is 60.8 Å². The molecular formula is C25H25N5O2S. The molecule has 168 valence electrons. The Morgan fingerprint density at radius 1 is 1.12 bits per heavy atom. The summed E-state index contributed by atoms with van der Waals surface area (Å²) in [7, 11) is 0. The van der Waals surface area contributed by atoms with Gasteiger partial charge < -0.3 is 20.2 Å². The second-order valence-corrected chi connectivity index (χ2v) is 8.58. The lowest BCUT2D eigenvalue weighted by Gasteiger charge is -2.23. The highest BCUT2D eigenvalue weighted by molar-refractivity contribution is 7.80. The summed E-state index contributed by atoms with van der Waals surface area (Å²) < 4.78 is 0. The van der Waals surface area contributed by atoms with Gasteiger partial charge in [-0.2, -0.15) is 0 Å². The molecule has 0 radical (unpaired) electrons. The largest absolute Gasteiger partial charge is 0.361 e. The molecule has 0 spiro atoms. The number of aromatic amines is 2. The Morgan fingerprint density at radius 2 is 1.97 bits per heavy atom. The van der Waals surface area contributed by atoms with Crippen molar-refractivity contribution in [1.29, 1.82) is 0 Å². The fraction of sp³-hybridized carbons (Fsp3) is 0.240. The second kappa shape index (κ2) is 8.71. The van der Waals surface area contributed by atoms with Gasteiger partial charge in [-0.1, -0.05) is 24.3 Å². The number of nitrogens with one attached hydrogen (secondary N) is 3. The van der Waals surface area contributed by atoms with Gasteiger partial charge in [-0.3, -0.25) is 14.5 Å². The van der Waals surface area contributed by atoms with Crippen molar-refractivity contribution in [2.75, 3.05) is 18.4 Å². The lowest BCUT2D eigenvalue weighted by atomic mass is 10.1.